The first kappa shape index (κ1) is 16.9. The number of benzene rings is 2. The highest BCUT2D eigenvalue weighted by Crippen LogP contribution is 2.40. The van der Waals surface area contributed by atoms with Crippen LogP contribution in [0, 0.1) is 10.1 Å². The van der Waals surface area contributed by atoms with Crippen LogP contribution in [-0.4, -0.2) is 23.0 Å². The lowest BCUT2D eigenvalue weighted by Crippen LogP contribution is -2.40. The summed E-state index contributed by atoms with van der Waals surface area (Å²) in [6.07, 6.45) is -1.17. The molecule has 3 rings (SSSR count). The molecule has 2 aromatic rings. The predicted molar refractivity (Wildman–Crippen MR) is 86.7 cm³/mol. The zero-order valence-electron chi connectivity index (χ0n) is 11.7. The molecule has 0 saturated carbocycles. The van der Waals surface area contributed by atoms with E-state index in [0.29, 0.717) is 5.56 Å². The summed E-state index contributed by atoms with van der Waals surface area (Å²) in [4.78, 5) is 9.89. The van der Waals surface area contributed by atoms with Crippen molar-refractivity contribution in [3.63, 3.8) is 0 Å². The second-order valence-corrected chi connectivity index (χ2v) is 7.51. The quantitative estimate of drug-likeness (QED) is 0.600. The maximum absolute atomic E-state index is 12.5. The Bertz CT molecular complexity index is 933. The van der Waals surface area contributed by atoms with Gasteiger partial charge in [-0.2, -0.15) is 0 Å². The smallest absolute Gasteiger partial charge is 0.269 e. The molecule has 0 bridgehead atoms. The lowest BCUT2D eigenvalue weighted by Gasteiger charge is -2.33. The van der Waals surface area contributed by atoms with Crippen LogP contribution in [0.15, 0.2) is 41.3 Å². The summed E-state index contributed by atoms with van der Waals surface area (Å²) in [5.41, 5.74) is 0.318. The number of rotatable bonds is 2. The van der Waals surface area contributed by atoms with Gasteiger partial charge >= 0.3 is 0 Å². The Balaban J connectivity index is 2.08. The second kappa shape index (κ2) is 5.87. The number of hydroxylamine groups is 1. The van der Waals surface area contributed by atoms with E-state index >= 15 is 0 Å². The van der Waals surface area contributed by atoms with Crippen LogP contribution < -0.4 is 5.32 Å². The van der Waals surface area contributed by atoms with Gasteiger partial charge in [-0.1, -0.05) is 27.7 Å². The average molecular weight is 390 g/mol. The topological polar surface area (TPSA) is 113 Å². The maximum atomic E-state index is 12.5. The minimum Gasteiger partial charge on any atom is -0.362 e. The van der Waals surface area contributed by atoms with Crippen molar-refractivity contribution in [2.45, 2.75) is 11.1 Å². The van der Waals surface area contributed by atoms with E-state index < -0.39 is 21.1 Å². The molecule has 1 aliphatic rings. The van der Waals surface area contributed by atoms with E-state index in [-0.39, 0.29) is 30.8 Å². The Hall–Kier alpha value is -1.91. The first-order valence-electron chi connectivity index (χ1n) is 6.45. The molecule has 0 aliphatic carbocycles. The van der Waals surface area contributed by atoms with Crippen LogP contribution in [0.1, 0.15) is 11.7 Å². The van der Waals surface area contributed by atoms with Gasteiger partial charge in [-0.3, -0.25) is 15.3 Å². The fourth-order valence-corrected chi connectivity index (χ4v) is 3.99. The fraction of sp³-hybridized carbons (Fsp3) is 0.0769. The molecule has 1 heterocycles. The Morgan fingerprint density at radius 1 is 1.17 bits per heavy atom. The van der Waals surface area contributed by atoms with Crippen molar-refractivity contribution in [3.8, 4) is 0 Å². The normalized spacial score (nSPS) is 19.4. The van der Waals surface area contributed by atoms with Crippen molar-refractivity contribution in [1.29, 1.82) is 0 Å². The van der Waals surface area contributed by atoms with Crippen molar-refractivity contribution >= 4 is 44.6 Å². The summed E-state index contributed by atoms with van der Waals surface area (Å²) in [5, 5.41) is 23.8. The molecular formula is C13H9Cl2N3O5S. The number of sulfonamides is 1. The van der Waals surface area contributed by atoms with Crippen LogP contribution in [0.5, 0.6) is 0 Å². The summed E-state index contributed by atoms with van der Waals surface area (Å²) >= 11 is 11.7. The number of nitro benzene ring substituents is 1. The number of non-ortho nitro benzene ring substituents is 1. The number of fused-ring (bicyclic) bond motifs is 1. The number of hydrogen-bond acceptors (Lipinski definition) is 6. The van der Waals surface area contributed by atoms with E-state index in [1.165, 1.54) is 30.3 Å². The van der Waals surface area contributed by atoms with Crippen molar-refractivity contribution in [3.05, 3.63) is 62.1 Å². The highest BCUT2D eigenvalue weighted by molar-refractivity contribution is 7.89. The minimum atomic E-state index is -4.23. The summed E-state index contributed by atoms with van der Waals surface area (Å²) in [5.74, 6) is 0. The Morgan fingerprint density at radius 3 is 2.33 bits per heavy atom. The molecule has 11 heteroatoms. The van der Waals surface area contributed by atoms with Crippen LogP contribution in [0.25, 0.3) is 0 Å². The van der Waals surface area contributed by atoms with E-state index in [2.05, 4.69) is 5.32 Å². The zero-order chi connectivity index (χ0) is 17.6. The lowest BCUT2D eigenvalue weighted by molar-refractivity contribution is -0.384. The molecule has 0 amide bonds. The molecule has 8 nitrogen and oxygen atoms in total. The van der Waals surface area contributed by atoms with Crippen LogP contribution in [0.2, 0.25) is 10.0 Å². The zero-order valence-corrected chi connectivity index (χ0v) is 14.0. The number of hydrogen-bond donors (Lipinski definition) is 2. The van der Waals surface area contributed by atoms with Gasteiger partial charge in [0.05, 0.1) is 20.7 Å². The number of nitrogens with zero attached hydrogens (tertiary/aromatic N) is 2. The SMILES string of the molecule is O=[N+]([O-])c1ccc([C@H]2Nc3cc(Cl)c(Cl)cc3S(=O)(=O)N2O)cc1. The first-order valence-corrected chi connectivity index (χ1v) is 8.64. The van der Waals surface area contributed by atoms with E-state index in [1.807, 2.05) is 0 Å². The van der Waals surface area contributed by atoms with Gasteiger partial charge in [0.1, 0.15) is 11.1 Å². The Morgan fingerprint density at radius 2 is 1.75 bits per heavy atom. The molecule has 2 N–H and O–H groups in total. The van der Waals surface area contributed by atoms with Gasteiger partial charge in [-0.15, -0.1) is 0 Å². The number of anilines is 1. The monoisotopic (exact) mass is 389 g/mol. The molecule has 0 spiro atoms. The van der Waals surface area contributed by atoms with Gasteiger partial charge in [-0.05, 0) is 29.8 Å². The van der Waals surface area contributed by atoms with Gasteiger partial charge in [0.2, 0.25) is 0 Å². The third-order valence-electron chi connectivity index (χ3n) is 3.48. The molecule has 2 aromatic carbocycles. The minimum absolute atomic E-state index is 0.0305. The van der Waals surface area contributed by atoms with Gasteiger partial charge in [0.25, 0.3) is 15.7 Å². The van der Waals surface area contributed by atoms with E-state index in [1.54, 1.807) is 0 Å². The van der Waals surface area contributed by atoms with Crippen molar-refractivity contribution in [2.75, 3.05) is 5.32 Å². The molecule has 0 radical (unpaired) electrons. The van der Waals surface area contributed by atoms with Gasteiger partial charge in [0, 0.05) is 12.1 Å². The fourth-order valence-electron chi connectivity index (χ4n) is 2.29. The first-order chi connectivity index (χ1) is 11.2. The molecule has 0 unspecified atom stereocenters. The number of nitrogens with one attached hydrogen (secondary N) is 1. The highest BCUT2D eigenvalue weighted by atomic mass is 35.5. The predicted octanol–water partition coefficient (Wildman–Crippen LogP) is 3.41. The second-order valence-electron chi connectivity index (χ2n) is 4.94. The summed E-state index contributed by atoms with van der Waals surface area (Å²) in [7, 11) is -4.23. The molecule has 1 aliphatic heterocycles. The maximum Gasteiger partial charge on any atom is 0.269 e. The average Bonchev–Trinajstić information content (AvgIpc) is 2.53. The van der Waals surface area contributed by atoms with Crippen LogP contribution in [-0.2, 0) is 10.0 Å². The summed E-state index contributed by atoms with van der Waals surface area (Å²) < 4.78 is 25.0. The Kier molecular flexibility index (Phi) is 4.14. The van der Waals surface area contributed by atoms with Crippen molar-refractivity contribution in [1.82, 2.24) is 4.47 Å². The van der Waals surface area contributed by atoms with Gasteiger partial charge in [-0.25, -0.2) is 8.42 Å². The van der Waals surface area contributed by atoms with E-state index in [9.17, 15) is 23.7 Å². The molecule has 0 saturated heterocycles. The molecule has 0 aromatic heterocycles. The third kappa shape index (κ3) is 2.70. The van der Waals surface area contributed by atoms with Crippen LogP contribution >= 0.6 is 23.2 Å². The summed E-state index contributed by atoms with van der Waals surface area (Å²) in [6.45, 7) is 0. The largest absolute Gasteiger partial charge is 0.362 e. The molecule has 0 fully saturated rings. The Labute approximate surface area is 146 Å². The van der Waals surface area contributed by atoms with Crippen molar-refractivity contribution in [2.24, 2.45) is 0 Å². The molecule has 1 atom stereocenters. The lowest BCUT2D eigenvalue weighted by atomic mass is 10.1. The third-order valence-corrected chi connectivity index (χ3v) is 5.80. The highest BCUT2D eigenvalue weighted by Gasteiger charge is 2.39. The number of halogens is 2. The van der Waals surface area contributed by atoms with Crippen molar-refractivity contribution < 1.29 is 18.5 Å². The van der Waals surface area contributed by atoms with E-state index in [0.717, 1.165) is 6.07 Å². The molecule has 24 heavy (non-hydrogen) atoms. The van der Waals surface area contributed by atoms with Crippen LogP contribution in [0.3, 0.4) is 0 Å². The number of nitro groups is 1. The summed E-state index contributed by atoms with van der Waals surface area (Å²) in [6, 6.07) is 7.58. The molecule has 126 valence electrons. The molecular weight excluding hydrogens is 381 g/mol. The van der Waals surface area contributed by atoms with Gasteiger partial charge < -0.3 is 5.32 Å². The van der Waals surface area contributed by atoms with Gasteiger partial charge in [0.15, 0.2) is 0 Å². The van der Waals surface area contributed by atoms with E-state index in [4.69, 9.17) is 23.2 Å². The standard InChI is InChI=1S/C13H9Cl2N3O5S/c14-9-5-11-12(6-10(9)15)24(22,23)18(21)13(16-11)7-1-3-8(4-2-7)17(19)20/h1-6,13,16,21H/t13-/m0/s1. The van der Waals surface area contributed by atoms with Crippen LogP contribution in [0.4, 0.5) is 11.4 Å².